The predicted octanol–water partition coefficient (Wildman–Crippen LogP) is 3.16. The Morgan fingerprint density at radius 3 is 2.25 bits per heavy atom. The van der Waals surface area contributed by atoms with E-state index in [0.717, 1.165) is 6.04 Å². The first-order valence-corrected chi connectivity index (χ1v) is 7.20. The summed E-state index contributed by atoms with van der Waals surface area (Å²) in [6, 6.07) is 1.29. The van der Waals surface area contributed by atoms with Crippen LogP contribution in [0.15, 0.2) is 0 Å². The van der Waals surface area contributed by atoms with Crippen LogP contribution in [0.2, 0.25) is 0 Å². The minimum absolute atomic E-state index is 0.481. The van der Waals surface area contributed by atoms with E-state index in [4.69, 9.17) is 5.73 Å². The molecule has 1 aliphatic rings. The van der Waals surface area contributed by atoms with Gasteiger partial charge in [-0.1, -0.05) is 32.6 Å². The van der Waals surface area contributed by atoms with Crippen LogP contribution in [0.5, 0.6) is 0 Å². The van der Waals surface area contributed by atoms with Crippen LogP contribution >= 0.6 is 0 Å². The molecule has 2 nitrogen and oxygen atoms in total. The van der Waals surface area contributed by atoms with Crippen LogP contribution in [0.25, 0.3) is 0 Å². The van der Waals surface area contributed by atoms with Crippen molar-refractivity contribution in [2.45, 2.75) is 76.8 Å². The highest BCUT2D eigenvalue weighted by Gasteiger charge is 2.21. The van der Waals surface area contributed by atoms with Gasteiger partial charge in [0.2, 0.25) is 0 Å². The maximum Gasteiger partial charge on any atom is 0.00933 e. The molecule has 0 aromatic carbocycles. The van der Waals surface area contributed by atoms with Crippen LogP contribution in [0, 0.1) is 0 Å². The summed E-state index contributed by atoms with van der Waals surface area (Å²) < 4.78 is 0. The summed E-state index contributed by atoms with van der Waals surface area (Å²) in [6.45, 7) is 3.56. The zero-order chi connectivity index (χ0) is 11.8. The van der Waals surface area contributed by atoms with E-state index in [9.17, 15) is 0 Å². The number of unbranched alkanes of at least 4 members (excludes halogenated alkanes) is 4. The highest BCUT2D eigenvalue weighted by Crippen LogP contribution is 2.21. The molecule has 1 rings (SSSR count). The van der Waals surface area contributed by atoms with Crippen LogP contribution in [0.1, 0.15) is 64.7 Å². The number of nitrogens with two attached hydrogens (primary N) is 1. The first-order chi connectivity index (χ1) is 7.74. The van der Waals surface area contributed by atoms with Crippen molar-refractivity contribution in [2.24, 2.45) is 5.73 Å². The molecule has 0 radical (unpaired) electrons. The number of hydrogen-bond acceptors (Lipinski definition) is 2. The summed E-state index contributed by atoms with van der Waals surface area (Å²) in [5.41, 5.74) is 5.93. The molecule has 0 aliphatic heterocycles. The standard InChI is InChI=1S/C14H30N2/c1-3-4-5-6-7-12-16(2)14-10-8-13(15)9-11-14/h13-14H,3-12,15H2,1-2H3. The molecule has 2 N–H and O–H groups in total. The summed E-state index contributed by atoms with van der Waals surface area (Å²) in [5.74, 6) is 0. The summed E-state index contributed by atoms with van der Waals surface area (Å²) in [4.78, 5) is 2.57. The predicted molar refractivity (Wildman–Crippen MR) is 71.6 cm³/mol. The maximum atomic E-state index is 5.93. The largest absolute Gasteiger partial charge is 0.328 e. The first-order valence-electron chi connectivity index (χ1n) is 7.20. The topological polar surface area (TPSA) is 29.3 Å². The van der Waals surface area contributed by atoms with E-state index in [2.05, 4.69) is 18.9 Å². The van der Waals surface area contributed by atoms with Gasteiger partial charge in [-0.15, -0.1) is 0 Å². The van der Waals surface area contributed by atoms with Gasteiger partial charge in [-0.05, 0) is 45.7 Å². The third kappa shape index (κ3) is 5.31. The smallest absolute Gasteiger partial charge is 0.00933 e. The van der Waals surface area contributed by atoms with Gasteiger partial charge in [0.25, 0.3) is 0 Å². The zero-order valence-electron chi connectivity index (χ0n) is 11.3. The Kier molecular flexibility index (Phi) is 7.06. The lowest BCUT2D eigenvalue weighted by Gasteiger charge is -2.33. The molecule has 1 aliphatic carbocycles. The Morgan fingerprint density at radius 2 is 1.62 bits per heavy atom. The number of hydrogen-bond donors (Lipinski definition) is 1. The molecule has 0 bridgehead atoms. The number of nitrogens with zero attached hydrogens (tertiary/aromatic N) is 1. The Morgan fingerprint density at radius 1 is 1.00 bits per heavy atom. The van der Waals surface area contributed by atoms with Crippen molar-refractivity contribution in [1.29, 1.82) is 0 Å². The second-order valence-electron chi connectivity index (χ2n) is 5.46. The fraction of sp³-hybridized carbons (Fsp3) is 1.00. The molecule has 0 atom stereocenters. The fourth-order valence-electron chi connectivity index (χ4n) is 2.69. The van der Waals surface area contributed by atoms with E-state index in [1.54, 1.807) is 0 Å². The van der Waals surface area contributed by atoms with Crippen molar-refractivity contribution in [3.8, 4) is 0 Å². The quantitative estimate of drug-likeness (QED) is 0.676. The third-order valence-electron chi connectivity index (χ3n) is 3.98. The summed E-state index contributed by atoms with van der Waals surface area (Å²) in [6.07, 6.45) is 12.0. The van der Waals surface area contributed by atoms with Crippen molar-refractivity contribution >= 4 is 0 Å². The molecule has 0 aromatic rings. The van der Waals surface area contributed by atoms with Gasteiger partial charge in [-0.2, -0.15) is 0 Å². The zero-order valence-corrected chi connectivity index (χ0v) is 11.3. The fourth-order valence-corrected chi connectivity index (χ4v) is 2.69. The lowest BCUT2D eigenvalue weighted by molar-refractivity contribution is 0.180. The van der Waals surface area contributed by atoms with Crippen molar-refractivity contribution < 1.29 is 0 Å². The molecule has 1 saturated carbocycles. The normalized spacial score (nSPS) is 26.2. The van der Waals surface area contributed by atoms with Crippen LogP contribution in [-0.2, 0) is 0 Å². The van der Waals surface area contributed by atoms with Gasteiger partial charge in [-0.3, -0.25) is 0 Å². The Hall–Kier alpha value is -0.0800. The Labute approximate surface area is 102 Å². The molecule has 0 heterocycles. The van der Waals surface area contributed by atoms with Crippen LogP contribution in [-0.4, -0.2) is 30.6 Å². The van der Waals surface area contributed by atoms with Crippen LogP contribution < -0.4 is 5.73 Å². The van der Waals surface area contributed by atoms with E-state index < -0.39 is 0 Å². The van der Waals surface area contributed by atoms with Gasteiger partial charge >= 0.3 is 0 Å². The highest BCUT2D eigenvalue weighted by molar-refractivity contribution is 4.79. The van der Waals surface area contributed by atoms with Gasteiger partial charge in [-0.25, -0.2) is 0 Å². The summed E-state index contributed by atoms with van der Waals surface area (Å²) in [5, 5.41) is 0. The van der Waals surface area contributed by atoms with Gasteiger partial charge in [0.15, 0.2) is 0 Å². The molecule has 0 spiro atoms. The van der Waals surface area contributed by atoms with Crippen molar-refractivity contribution in [2.75, 3.05) is 13.6 Å². The molecular formula is C14H30N2. The van der Waals surface area contributed by atoms with Crippen LogP contribution in [0.4, 0.5) is 0 Å². The lowest BCUT2D eigenvalue weighted by Crippen LogP contribution is -2.39. The molecule has 0 amide bonds. The monoisotopic (exact) mass is 226 g/mol. The summed E-state index contributed by atoms with van der Waals surface area (Å²) in [7, 11) is 2.29. The van der Waals surface area contributed by atoms with Gasteiger partial charge in [0, 0.05) is 12.1 Å². The van der Waals surface area contributed by atoms with Gasteiger partial charge in [0.1, 0.15) is 0 Å². The minimum Gasteiger partial charge on any atom is -0.328 e. The van der Waals surface area contributed by atoms with Gasteiger partial charge < -0.3 is 10.6 Å². The SMILES string of the molecule is CCCCCCCN(C)C1CCC(N)CC1. The van der Waals surface area contributed by atoms with Crippen LogP contribution in [0.3, 0.4) is 0 Å². The molecule has 0 unspecified atom stereocenters. The van der Waals surface area contributed by atoms with E-state index in [0.29, 0.717) is 6.04 Å². The Bertz CT molecular complexity index is 162. The van der Waals surface area contributed by atoms with Crippen molar-refractivity contribution in [3.63, 3.8) is 0 Å². The third-order valence-corrected chi connectivity index (χ3v) is 3.98. The maximum absolute atomic E-state index is 5.93. The molecule has 96 valence electrons. The average Bonchev–Trinajstić information content (AvgIpc) is 2.29. The first kappa shape index (κ1) is 14.0. The molecule has 1 fully saturated rings. The molecule has 0 saturated heterocycles. The number of rotatable bonds is 7. The van der Waals surface area contributed by atoms with E-state index >= 15 is 0 Å². The highest BCUT2D eigenvalue weighted by atomic mass is 15.1. The average molecular weight is 226 g/mol. The molecule has 0 aromatic heterocycles. The molecule has 2 heteroatoms. The molecular weight excluding hydrogens is 196 g/mol. The lowest BCUT2D eigenvalue weighted by atomic mass is 9.91. The van der Waals surface area contributed by atoms with Crippen molar-refractivity contribution in [1.82, 2.24) is 4.90 Å². The minimum atomic E-state index is 0.481. The van der Waals surface area contributed by atoms with Crippen molar-refractivity contribution in [3.05, 3.63) is 0 Å². The van der Waals surface area contributed by atoms with E-state index in [-0.39, 0.29) is 0 Å². The Balaban J connectivity index is 2.03. The summed E-state index contributed by atoms with van der Waals surface area (Å²) >= 11 is 0. The second kappa shape index (κ2) is 8.08. The second-order valence-corrected chi connectivity index (χ2v) is 5.46. The molecule has 16 heavy (non-hydrogen) atoms. The van der Waals surface area contributed by atoms with Gasteiger partial charge in [0.05, 0.1) is 0 Å². The van der Waals surface area contributed by atoms with E-state index in [1.165, 1.54) is 64.3 Å². The van der Waals surface area contributed by atoms with E-state index in [1.807, 2.05) is 0 Å².